The van der Waals surface area contributed by atoms with E-state index in [4.69, 9.17) is 0 Å². The van der Waals surface area contributed by atoms with E-state index >= 15 is 0 Å². The molecule has 1 aliphatic rings. The minimum atomic E-state index is -0.293. The van der Waals surface area contributed by atoms with E-state index in [1.807, 2.05) is 24.3 Å². The van der Waals surface area contributed by atoms with Crippen LogP contribution in [0.2, 0.25) is 0 Å². The first-order valence-corrected chi connectivity index (χ1v) is 5.73. The lowest BCUT2D eigenvalue weighted by Gasteiger charge is -2.12. The molecule has 2 rings (SSSR count). The van der Waals surface area contributed by atoms with Crippen molar-refractivity contribution in [1.29, 1.82) is 0 Å². The standard InChI is InChI=1S/C12H15BrO/c1-12(2)7-10(12)11(14)8-3-5-9(13)6-4-8/h3-6,10-11,14H,7H2,1-2H3. The second-order valence-corrected chi connectivity index (χ2v) is 5.71. The van der Waals surface area contributed by atoms with Gasteiger partial charge in [0.25, 0.3) is 0 Å². The molecule has 0 saturated heterocycles. The van der Waals surface area contributed by atoms with Crippen LogP contribution in [0.25, 0.3) is 0 Å². The highest BCUT2D eigenvalue weighted by Crippen LogP contribution is 2.57. The van der Waals surface area contributed by atoms with Crippen molar-refractivity contribution < 1.29 is 5.11 Å². The summed E-state index contributed by atoms with van der Waals surface area (Å²) in [6.45, 7) is 4.42. The molecule has 1 aliphatic carbocycles. The van der Waals surface area contributed by atoms with Gasteiger partial charge in [-0.1, -0.05) is 41.9 Å². The highest BCUT2D eigenvalue weighted by atomic mass is 79.9. The summed E-state index contributed by atoms with van der Waals surface area (Å²) in [7, 11) is 0. The molecule has 0 heterocycles. The van der Waals surface area contributed by atoms with Gasteiger partial charge in [-0.15, -0.1) is 0 Å². The summed E-state index contributed by atoms with van der Waals surface area (Å²) in [6, 6.07) is 7.94. The summed E-state index contributed by atoms with van der Waals surface area (Å²) in [4.78, 5) is 0. The molecule has 1 aromatic carbocycles. The number of halogens is 1. The first kappa shape index (κ1) is 10.2. The van der Waals surface area contributed by atoms with E-state index in [1.54, 1.807) is 0 Å². The van der Waals surface area contributed by atoms with E-state index < -0.39 is 0 Å². The Kier molecular flexibility index (Phi) is 2.44. The molecule has 0 spiro atoms. The minimum absolute atomic E-state index is 0.293. The number of aliphatic hydroxyl groups excluding tert-OH is 1. The third-order valence-corrected chi connectivity index (χ3v) is 3.71. The Morgan fingerprint density at radius 2 is 1.86 bits per heavy atom. The highest BCUT2D eigenvalue weighted by Gasteiger charge is 2.50. The number of aliphatic hydroxyl groups is 1. The number of hydrogen-bond donors (Lipinski definition) is 1. The lowest BCUT2D eigenvalue weighted by molar-refractivity contribution is 0.138. The molecule has 0 aliphatic heterocycles. The van der Waals surface area contributed by atoms with E-state index in [1.165, 1.54) is 0 Å². The number of hydrogen-bond acceptors (Lipinski definition) is 1. The molecule has 2 atom stereocenters. The molecule has 0 radical (unpaired) electrons. The summed E-state index contributed by atoms with van der Waals surface area (Å²) in [6.07, 6.45) is 0.836. The van der Waals surface area contributed by atoms with Crippen molar-refractivity contribution in [3.8, 4) is 0 Å². The van der Waals surface area contributed by atoms with Crippen LogP contribution in [0.5, 0.6) is 0 Å². The molecule has 1 fully saturated rings. The van der Waals surface area contributed by atoms with Crippen LogP contribution in [0.4, 0.5) is 0 Å². The Bertz CT molecular complexity index is 329. The summed E-state index contributed by atoms with van der Waals surface area (Å²) >= 11 is 3.39. The van der Waals surface area contributed by atoms with Gasteiger partial charge in [0.05, 0.1) is 6.10 Å². The van der Waals surface area contributed by atoms with Gasteiger partial charge < -0.3 is 5.11 Å². The molecule has 1 N–H and O–H groups in total. The third-order valence-electron chi connectivity index (χ3n) is 3.18. The van der Waals surface area contributed by atoms with Crippen molar-refractivity contribution in [3.63, 3.8) is 0 Å². The fraction of sp³-hybridized carbons (Fsp3) is 0.500. The molecule has 14 heavy (non-hydrogen) atoms. The van der Waals surface area contributed by atoms with Crippen LogP contribution >= 0.6 is 15.9 Å². The van der Waals surface area contributed by atoms with Crippen LogP contribution in [0, 0.1) is 11.3 Å². The van der Waals surface area contributed by atoms with Gasteiger partial charge >= 0.3 is 0 Å². The fourth-order valence-corrected chi connectivity index (χ4v) is 2.20. The van der Waals surface area contributed by atoms with Crippen LogP contribution in [0.1, 0.15) is 31.9 Å². The zero-order valence-electron chi connectivity index (χ0n) is 8.50. The maximum atomic E-state index is 10.1. The first-order chi connectivity index (χ1) is 6.50. The Labute approximate surface area is 93.3 Å². The fourth-order valence-electron chi connectivity index (χ4n) is 1.94. The molecule has 2 unspecified atom stereocenters. The Morgan fingerprint density at radius 1 is 1.36 bits per heavy atom. The Hall–Kier alpha value is -0.340. The maximum Gasteiger partial charge on any atom is 0.0823 e. The van der Waals surface area contributed by atoms with E-state index in [0.717, 1.165) is 16.5 Å². The molecule has 0 aromatic heterocycles. The van der Waals surface area contributed by atoms with Gasteiger partial charge in [0.15, 0.2) is 0 Å². The van der Waals surface area contributed by atoms with Gasteiger partial charge in [-0.05, 0) is 35.4 Å². The van der Waals surface area contributed by atoms with E-state index in [0.29, 0.717) is 11.3 Å². The van der Waals surface area contributed by atoms with Crippen LogP contribution in [0.3, 0.4) is 0 Å². The summed E-state index contributed by atoms with van der Waals surface area (Å²) in [5.74, 6) is 0.434. The molecule has 1 saturated carbocycles. The van der Waals surface area contributed by atoms with Crippen molar-refractivity contribution in [2.75, 3.05) is 0 Å². The van der Waals surface area contributed by atoms with Crippen molar-refractivity contribution in [2.45, 2.75) is 26.4 Å². The minimum Gasteiger partial charge on any atom is -0.388 e. The predicted octanol–water partition coefficient (Wildman–Crippen LogP) is 3.53. The molecule has 0 amide bonds. The quantitative estimate of drug-likeness (QED) is 0.857. The zero-order valence-corrected chi connectivity index (χ0v) is 10.1. The van der Waals surface area contributed by atoms with E-state index in [2.05, 4.69) is 29.8 Å². The highest BCUT2D eigenvalue weighted by molar-refractivity contribution is 9.10. The molecule has 1 nitrogen and oxygen atoms in total. The average molecular weight is 255 g/mol. The maximum absolute atomic E-state index is 10.1. The average Bonchev–Trinajstić information content (AvgIpc) is 2.75. The molecular formula is C12H15BrO. The molecular weight excluding hydrogens is 240 g/mol. The van der Waals surface area contributed by atoms with Crippen molar-refractivity contribution >= 4 is 15.9 Å². The van der Waals surface area contributed by atoms with Gasteiger partial charge in [0.1, 0.15) is 0 Å². The lowest BCUT2D eigenvalue weighted by atomic mass is 10.00. The van der Waals surface area contributed by atoms with Gasteiger partial charge in [0, 0.05) is 4.47 Å². The van der Waals surface area contributed by atoms with Crippen LogP contribution in [0.15, 0.2) is 28.7 Å². The van der Waals surface area contributed by atoms with Crippen LogP contribution in [-0.4, -0.2) is 5.11 Å². The lowest BCUT2D eigenvalue weighted by Crippen LogP contribution is -2.04. The Morgan fingerprint density at radius 3 is 2.29 bits per heavy atom. The summed E-state index contributed by atoms with van der Waals surface area (Å²) in [5, 5.41) is 10.1. The smallest absolute Gasteiger partial charge is 0.0823 e. The third kappa shape index (κ3) is 1.86. The molecule has 76 valence electrons. The largest absolute Gasteiger partial charge is 0.388 e. The first-order valence-electron chi connectivity index (χ1n) is 4.94. The SMILES string of the molecule is CC1(C)CC1C(O)c1ccc(Br)cc1. The second-order valence-electron chi connectivity index (χ2n) is 4.80. The number of benzene rings is 1. The molecule has 2 heteroatoms. The van der Waals surface area contributed by atoms with E-state index in [9.17, 15) is 5.11 Å². The Balaban J connectivity index is 2.13. The molecule has 0 bridgehead atoms. The van der Waals surface area contributed by atoms with Crippen molar-refractivity contribution in [1.82, 2.24) is 0 Å². The summed E-state index contributed by atoms with van der Waals surface area (Å²) < 4.78 is 1.06. The van der Waals surface area contributed by atoms with Gasteiger partial charge in [-0.2, -0.15) is 0 Å². The van der Waals surface area contributed by atoms with Crippen molar-refractivity contribution in [2.24, 2.45) is 11.3 Å². The van der Waals surface area contributed by atoms with Crippen LogP contribution < -0.4 is 0 Å². The van der Waals surface area contributed by atoms with Gasteiger partial charge in [-0.3, -0.25) is 0 Å². The predicted molar refractivity (Wildman–Crippen MR) is 61.0 cm³/mol. The van der Waals surface area contributed by atoms with Gasteiger partial charge in [0.2, 0.25) is 0 Å². The molecule has 1 aromatic rings. The van der Waals surface area contributed by atoms with Crippen LogP contribution in [-0.2, 0) is 0 Å². The topological polar surface area (TPSA) is 20.2 Å². The normalized spacial score (nSPS) is 25.9. The van der Waals surface area contributed by atoms with Gasteiger partial charge in [-0.25, -0.2) is 0 Å². The second kappa shape index (κ2) is 3.35. The summed E-state index contributed by atoms with van der Waals surface area (Å²) in [5.41, 5.74) is 1.36. The zero-order chi connectivity index (χ0) is 10.3. The number of rotatable bonds is 2. The monoisotopic (exact) mass is 254 g/mol. The van der Waals surface area contributed by atoms with E-state index in [-0.39, 0.29) is 6.10 Å². The van der Waals surface area contributed by atoms with Crippen molar-refractivity contribution in [3.05, 3.63) is 34.3 Å².